The van der Waals surface area contributed by atoms with Gasteiger partial charge in [0.1, 0.15) is 16.9 Å². The fraction of sp³-hybridized carbons (Fsp3) is 0.316. The molecule has 1 heterocycles. The second-order valence-corrected chi connectivity index (χ2v) is 7.64. The number of amides is 1. The fourth-order valence-corrected chi connectivity index (χ4v) is 3.48. The molecule has 136 valence electrons. The first-order valence-corrected chi connectivity index (χ1v) is 10.1. The molecule has 0 spiro atoms. The number of carbonyl (C=O) groups is 1. The largest absolute Gasteiger partial charge is 0.324 e. The zero-order valence-corrected chi connectivity index (χ0v) is 16.8. The van der Waals surface area contributed by atoms with Crippen LogP contribution >= 0.6 is 27.7 Å². The minimum atomic E-state index is -0.488. The number of unbranched alkanes of at least 4 members (excludes halogenated alkanes) is 1. The molecule has 2 aromatic rings. The van der Waals surface area contributed by atoms with Gasteiger partial charge in [0.25, 0.3) is 0 Å². The number of aromatic nitrogens is 1. The highest BCUT2D eigenvalue weighted by atomic mass is 79.9. The summed E-state index contributed by atoms with van der Waals surface area (Å²) in [5.74, 6) is -0.306. The Bertz CT molecular complexity index is 823. The first-order valence-electron chi connectivity index (χ1n) is 8.31. The molecular formula is C19H19BrFN3OS. The molecule has 0 bridgehead atoms. The van der Waals surface area contributed by atoms with Gasteiger partial charge in [0.2, 0.25) is 5.91 Å². The van der Waals surface area contributed by atoms with E-state index in [9.17, 15) is 14.4 Å². The molecule has 1 aromatic heterocycles. The highest BCUT2D eigenvalue weighted by Gasteiger charge is 2.10. The maximum absolute atomic E-state index is 13.7. The summed E-state index contributed by atoms with van der Waals surface area (Å²) in [6.07, 6.45) is 3.20. The number of nitrogens with one attached hydrogen (secondary N) is 1. The Morgan fingerprint density at radius 3 is 2.88 bits per heavy atom. The van der Waals surface area contributed by atoms with Gasteiger partial charge in [0.15, 0.2) is 0 Å². The van der Waals surface area contributed by atoms with Crippen LogP contribution in [0.25, 0.3) is 0 Å². The van der Waals surface area contributed by atoms with Crippen LogP contribution in [0.4, 0.5) is 10.1 Å². The summed E-state index contributed by atoms with van der Waals surface area (Å²) in [5, 5.41) is 12.4. The SMILES string of the molecule is CCCCc1ccc(C#N)c(SCCC(=O)Nc2ccc(Br)cc2F)n1. The van der Waals surface area contributed by atoms with Crippen molar-refractivity contribution in [1.29, 1.82) is 5.26 Å². The van der Waals surface area contributed by atoms with E-state index in [0.29, 0.717) is 20.8 Å². The average molecular weight is 436 g/mol. The molecule has 0 aliphatic heterocycles. The standard InChI is InChI=1S/C19H19BrFN3OS/c1-2-3-4-15-7-5-13(12-22)19(23-15)26-10-9-18(25)24-17-8-6-14(20)11-16(17)21/h5-8,11H,2-4,9-10H2,1H3,(H,24,25). The highest BCUT2D eigenvalue weighted by Crippen LogP contribution is 2.23. The molecule has 1 N–H and O–H groups in total. The van der Waals surface area contributed by atoms with Crippen molar-refractivity contribution in [2.45, 2.75) is 37.6 Å². The zero-order valence-electron chi connectivity index (χ0n) is 14.4. The van der Waals surface area contributed by atoms with Gasteiger partial charge >= 0.3 is 0 Å². The van der Waals surface area contributed by atoms with Gasteiger partial charge in [0, 0.05) is 22.3 Å². The third kappa shape index (κ3) is 6.11. The van der Waals surface area contributed by atoms with E-state index in [2.05, 4.69) is 39.2 Å². The van der Waals surface area contributed by atoms with E-state index in [1.807, 2.05) is 6.07 Å². The highest BCUT2D eigenvalue weighted by molar-refractivity contribution is 9.10. The second kappa shape index (κ2) is 10.3. The number of rotatable bonds is 8. The summed E-state index contributed by atoms with van der Waals surface area (Å²) in [6.45, 7) is 2.12. The van der Waals surface area contributed by atoms with Gasteiger partial charge in [-0.2, -0.15) is 5.26 Å². The van der Waals surface area contributed by atoms with E-state index in [1.165, 1.54) is 23.9 Å². The Morgan fingerprint density at radius 2 is 2.19 bits per heavy atom. The number of aryl methyl sites for hydroxylation is 1. The number of hydrogen-bond donors (Lipinski definition) is 1. The fourth-order valence-electron chi connectivity index (χ4n) is 2.21. The molecule has 0 fully saturated rings. The number of carbonyl (C=O) groups excluding carboxylic acids is 1. The van der Waals surface area contributed by atoms with E-state index in [0.717, 1.165) is 25.0 Å². The topological polar surface area (TPSA) is 65.8 Å². The number of halogens is 2. The quantitative estimate of drug-likeness (QED) is 0.569. The number of benzene rings is 1. The molecule has 1 amide bonds. The Labute approximate surface area is 165 Å². The van der Waals surface area contributed by atoms with Gasteiger partial charge < -0.3 is 5.32 Å². The van der Waals surface area contributed by atoms with E-state index in [-0.39, 0.29) is 18.0 Å². The molecule has 0 saturated carbocycles. The summed E-state index contributed by atoms with van der Waals surface area (Å²) in [6, 6.07) is 10.3. The van der Waals surface area contributed by atoms with Gasteiger partial charge in [0.05, 0.1) is 11.3 Å². The van der Waals surface area contributed by atoms with E-state index >= 15 is 0 Å². The lowest BCUT2D eigenvalue weighted by Crippen LogP contribution is -2.13. The van der Waals surface area contributed by atoms with Crippen LogP contribution in [0.5, 0.6) is 0 Å². The molecule has 0 unspecified atom stereocenters. The van der Waals surface area contributed by atoms with Gasteiger partial charge in [-0.05, 0) is 43.2 Å². The lowest BCUT2D eigenvalue weighted by molar-refractivity contribution is -0.115. The van der Waals surface area contributed by atoms with Crippen molar-refractivity contribution in [1.82, 2.24) is 4.98 Å². The van der Waals surface area contributed by atoms with Crippen LogP contribution in [0.15, 0.2) is 39.8 Å². The molecule has 2 rings (SSSR count). The monoisotopic (exact) mass is 435 g/mol. The van der Waals surface area contributed by atoms with Gasteiger partial charge in [-0.3, -0.25) is 4.79 Å². The van der Waals surface area contributed by atoms with Crippen LogP contribution in [0.3, 0.4) is 0 Å². The summed E-state index contributed by atoms with van der Waals surface area (Å²) in [7, 11) is 0. The molecule has 0 aliphatic rings. The summed E-state index contributed by atoms with van der Waals surface area (Å²) >= 11 is 4.55. The van der Waals surface area contributed by atoms with E-state index < -0.39 is 5.82 Å². The van der Waals surface area contributed by atoms with E-state index in [1.54, 1.807) is 12.1 Å². The lowest BCUT2D eigenvalue weighted by Gasteiger charge is -2.08. The second-order valence-electron chi connectivity index (χ2n) is 5.64. The zero-order chi connectivity index (χ0) is 18.9. The van der Waals surface area contributed by atoms with Crippen molar-refractivity contribution in [3.8, 4) is 6.07 Å². The Hall–Kier alpha value is -1.91. The predicted molar refractivity (Wildman–Crippen MR) is 106 cm³/mol. The molecule has 0 saturated heterocycles. The number of nitrogens with zero attached hydrogens (tertiary/aromatic N) is 2. The number of nitriles is 1. The molecule has 4 nitrogen and oxygen atoms in total. The average Bonchev–Trinajstić information content (AvgIpc) is 2.62. The van der Waals surface area contributed by atoms with Crippen LogP contribution in [-0.2, 0) is 11.2 Å². The predicted octanol–water partition coefficient (Wildman–Crippen LogP) is 5.32. The molecule has 0 radical (unpaired) electrons. The normalized spacial score (nSPS) is 10.4. The van der Waals surface area contributed by atoms with Crippen molar-refractivity contribution in [2.75, 3.05) is 11.1 Å². The number of anilines is 1. The molecule has 26 heavy (non-hydrogen) atoms. The van der Waals surface area contributed by atoms with Crippen molar-refractivity contribution in [3.05, 3.63) is 51.9 Å². The third-order valence-electron chi connectivity index (χ3n) is 3.60. The molecule has 0 atom stereocenters. The van der Waals surface area contributed by atoms with Crippen LogP contribution in [0.1, 0.15) is 37.4 Å². The summed E-state index contributed by atoms with van der Waals surface area (Å²) < 4.78 is 14.4. The Morgan fingerprint density at radius 1 is 1.38 bits per heavy atom. The molecule has 0 aliphatic carbocycles. The van der Waals surface area contributed by atoms with Crippen molar-refractivity contribution >= 4 is 39.3 Å². The maximum Gasteiger partial charge on any atom is 0.225 e. The summed E-state index contributed by atoms with van der Waals surface area (Å²) in [4.78, 5) is 16.5. The van der Waals surface area contributed by atoms with Crippen molar-refractivity contribution < 1.29 is 9.18 Å². The maximum atomic E-state index is 13.7. The minimum Gasteiger partial charge on any atom is -0.324 e. The molecule has 1 aromatic carbocycles. The Balaban J connectivity index is 1.92. The third-order valence-corrected chi connectivity index (χ3v) is 5.08. The van der Waals surface area contributed by atoms with Crippen molar-refractivity contribution in [2.24, 2.45) is 0 Å². The van der Waals surface area contributed by atoms with Gasteiger partial charge in [-0.15, -0.1) is 11.8 Å². The molecule has 7 heteroatoms. The number of thioether (sulfide) groups is 1. The smallest absolute Gasteiger partial charge is 0.225 e. The van der Waals surface area contributed by atoms with Crippen LogP contribution in [0, 0.1) is 17.1 Å². The van der Waals surface area contributed by atoms with Crippen LogP contribution in [0.2, 0.25) is 0 Å². The minimum absolute atomic E-state index is 0.153. The first-order chi connectivity index (χ1) is 12.5. The van der Waals surface area contributed by atoms with E-state index in [4.69, 9.17) is 0 Å². The lowest BCUT2D eigenvalue weighted by atomic mass is 10.2. The van der Waals surface area contributed by atoms with Gasteiger partial charge in [-0.25, -0.2) is 9.37 Å². The summed E-state index contributed by atoms with van der Waals surface area (Å²) in [5.41, 5.74) is 1.62. The van der Waals surface area contributed by atoms with Gasteiger partial charge in [-0.1, -0.05) is 29.3 Å². The van der Waals surface area contributed by atoms with Crippen LogP contribution in [-0.4, -0.2) is 16.6 Å². The first kappa shape index (κ1) is 20.4. The van der Waals surface area contributed by atoms with Crippen LogP contribution < -0.4 is 5.32 Å². The number of hydrogen-bond acceptors (Lipinski definition) is 4. The number of pyridine rings is 1. The Kier molecular flexibility index (Phi) is 8.07. The molecular weight excluding hydrogens is 417 g/mol. The van der Waals surface area contributed by atoms with Crippen molar-refractivity contribution in [3.63, 3.8) is 0 Å².